The standard InChI is InChI=1S/C14H16ClNOS/c1-8-5-13(17)9(2)4-12(8)16-10(3)11-6-14(15)18-7-11/h4-7,10,16-17H,1-3H3. The molecule has 1 unspecified atom stereocenters. The smallest absolute Gasteiger partial charge is 0.118 e. The summed E-state index contributed by atoms with van der Waals surface area (Å²) in [6.45, 7) is 5.97. The van der Waals surface area contributed by atoms with Crippen LogP contribution in [0.2, 0.25) is 4.34 Å². The van der Waals surface area contributed by atoms with Crippen molar-refractivity contribution in [2.24, 2.45) is 0 Å². The summed E-state index contributed by atoms with van der Waals surface area (Å²) < 4.78 is 0.803. The molecule has 0 saturated carbocycles. The van der Waals surface area contributed by atoms with Crippen molar-refractivity contribution in [1.29, 1.82) is 0 Å². The summed E-state index contributed by atoms with van der Waals surface area (Å²) in [6.07, 6.45) is 0. The first-order chi connectivity index (χ1) is 8.47. The summed E-state index contributed by atoms with van der Waals surface area (Å²) in [5.41, 5.74) is 4.13. The zero-order valence-corrected chi connectivity index (χ0v) is 12.2. The molecule has 1 atom stereocenters. The van der Waals surface area contributed by atoms with Gasteiger partial charge in [0.1, 0.15) is 5.75 Å². The number of phenolic OH excluding ortho intramolecular Hbond substituents is 1. The van der Waals surface area contributed by atoms with Gasteiger partial charge in [-0.3, -0.25) is 0 Å². The number of benzene rings is 1. The van der Waals surface area contributed by atoms with Gasteiger partial charge in [-0.25, -0.2) is 0 Å². The van der Waals surface area contributed by atoms with Crippen LogP contribution < -0.4 is 5.32 Å². The zero-order valence-electron chi connectivity index (χ0n) is 10.6. The van der Waals surface area contributed by atoms with Gasteiger partial charge in [-0.1, -0.05) is 11.6 Å². The minimum Gasteiger partial charge on any atom is -0.508 e. The first-order valence-electron chi connectivity index (χ1n) is 5.78. The van der Waals surface area contributed by atoms with Crippen LogP contribution in [0.4, 0.5) is 5.69 Å². The molecule has 2 rings (SSSR count). The summed E-state index contributed by atoms with van der Waals surface area (Å²) in [5, 5.41) is 15.1. The number of nitrogens with one attached hydrogen (secondary N) is 1. The molecule has 0 amide bonds. The van der Waals surface area contributed by atoms with E-state index in [2.05, 4.69) is 17.6 Å². The van der Waals surface area contributed by atoms with E-state index in [1.165, 1.54) is 16.9 Å². The van der Waals surface area contributed by atoms with Crippen LogP contribution in [0.5, 0.6) is 5.75 Å². The lowest BCUT2D eigenvalue weighted by Gasteiger charge is -2.17. The first-order valence-corrected chi connectivity index (χ1v) is 7.04. The summed E-state index contributed by atoms with van der Waals surface area (Å²) >= 11 is 7.48. The van der Waals surface area contributed by atoms with Crippen molar-refractivity contribution in [1.82, 2.24) is 0 Å². The fourth-order valence-electron chi connectivity index (χ4n) is 1.82. The molecular formula is C14H16ClNOS. The molecule has 0 bridgehead atoms. The highest BCUT2D eigenvalue weighted by Gasteiger charge is 2.10. The molecule has 0 aliphatic heterocycles. The third-order valence-electron chi connectivity index (χ3n) is 3.00. The number of aryl methyl sites for hydroxylation is 2. The van der Waals surface area contributed by atoms with E-state index in [0.29, 0.717) is 5.75 Å². The number of thiophene rings is 1. The number of phenols is 1. The molecular weight excluding hydrogens is 266 g/mol. The maximum Gasteiger partial charge on any atom is 0.118 e. The number of rotatable bonds is 3. The highest BCUT2D eigenvalue weighted by Crippen LogP contribution is 2.30. The highest BCUT2D eigenvalue weighted by molar-refractivity contribution is 7.14. The number of halogens is 1. The van der Waals surface area contributed by atoms with Crippen LogP contribution in [-0.4, -0.2) is 5.11 Å². The van der Waals surface area contributed by atoms with E-state index in [9.17, 15) is 5.11 Å². The largest absolute Gasteiger partial charge is 0.508 e. The monoisotopic (exact) mass is 281 g/mol. The van der Waals surface area contributed by atoms with E-state index in [-0.39, 0.29) is 6.04 Å². The Morgan fingerprint density at radius 2 is 1.94 bits per heavy atom. The van der Waals surface area contributed by atoms with Crippen LogP contribution in [0, 0.1) is 13.8 Å². The van der Waals surface area contributed by atoms with Crippen molar-refractivity contribution >= 4 is 28.6 Å². The second-order valence-electron chi connectivity index (χ2n) is 4.50. The Kier molecular flexibility index (Phi) is 3.83. The quantitative estimate of drug-likeness (QED) is 0.785. The van der Waals surface area contributed by atoms with Crippen molar-refractivity contribution in [3.05, 3.63) is 44.6 Å². The number of aromatic hydroxyl groups is 1. The molecule has 18 heavy (non-hydrogen) atoms. The molecule has 0 aliphatic carbocycles. The third kappa shape index (κ3) is 2.79. The van der Waals surface area contributed by atoms with Gasteiger partial charge in [0, 0.05) is 11.7 Å². The molecule has 0 aliphatic rings. The van der Waals surface area contributed by atoms with Crippen LogP contribution in [-0.2, 0) is 0 Å². The summed E-state index contributed by atoms with van der Waals surface area (Å²) in [7, 11) is 0. The number of hydrogen-bond donors (Lipinski definition) is 2. The van der Waals surface area contributed by atoms with Crippen molar-refractivity contribution < 1.29 is 5.11 Å². The zero-order chi connectivity index (χ0) is 13.3. The predicted octanol–water partition coefficient (Wildman–Crippen LogP) is 4.90. The Morgan fingerprint density at radius 1 is 1.22 bits per heavy atom. The van der Waals surface area contributed by atoms with Gasteiger partial charge in [0.15, 0.2) is 0 Å². The highest BCUT2D eigenvalue weighted by atomic mass is 35.5. The molecule has 0 radical (unpaired) electrons. The van der Waals surface area contributed by atoms with Gasteiger partial charge in [-0.05, 0) is 61.0 Å². The molecule has 1 aromatic heterocycles. The van der Waals surface area contributed by atoms with Crippen molar-refractivity contribution in [2.45, 2.75) is 26.8 Å². The number of hydrogen-bond acceptors (Lipinski definition) is 3. The van der Waals surface area contributed by atoms with Crippen LogP contribution >= 0.6 is 22.9 Å². The van der Waals surface area contributed by atoms with Gasteiger partial charge in [0.25, 0.3) is 0 Å². The fourth-order valence-corrected chi connectivity index (χ4v) is 2.81. The fraction of sp³-hybridized carbons (Fsp3) is 0.286. The number of anilines is 1. The third-order valence-corrected chi connectivity index (χ3v) is 4.11. The summed E-state index contributed by atoms with van der Waals surface area (Å²) in [4.78, 5) is 0. The molecule has 0 spiro atoms. The SMILES string of the molecule is Cc1cc(NC(C)c2csc(Cl)c2)c(C)cc1O. The van der Waals surface area contributed by atoms with E-state index in [1.807, 2.05) is 26.0 Å². The lowest BCUT2D eigenvalue weighted by Crippen LogP contribution is -2.06. The van der Waals surface area contributed by atoms with E-state index < -0.39 is 0 Å². The van der Waals surface area contributed by atoms with Gasteiger partial charge >= 0.3 is 0 Å². The normalized spacial score (nSPS) is 12.4. The predicted molar refractivity (Wildman–Crippen MR) is 78.9 cm³/mol. The topological polar surface area (TPSA) is 32.3 Å². The molecule has 0 saturated heterocycles. The molecule has 2 aromatic rings. The molecule has 0 fully saturated rings. The molecule has 1 aromatic carbocycles. The van der Waals surface area contributed by atoms with Gasteiger partial charge in [0.05, 0.1) is 4.34 Å². The lowest BCUT2D eigenvalue weighted by atomic mass is 10.1. The Morgan fingerprint density at radius 3 is 2.56 bits per heavy atom. The minimum atomic E-state index is 0.191. The van der Waals surface area contributed by atoms with Crippen LogP contribution in [0.3, 0.4) is 0 Å². The second-order valence-corrected chi connectivity index (χ2v) is 6.05. The van der Waals surface area contributed by atoms with Crippen molar-refractivity contribution in [3.8, 4) is 5.75 Å². The maximum atomic E-state index is 9.64. The Hall–Kier alpha value is -1.19. The van der Waals surface area contributed by atoms with Gasteiger partial charge in [0.2, 0.25) is 0 Å². The first kappa shape index (κ1) is 13.2. The maximum absolute atomic E-state index is 9.64. The van der Waals surface area contributed by atoms with E-state index >= 15 is 0 Å². The molecule has 2 nitrogen and oxygen atoms in total. The molecule has 1 heterocycles. The van der Waals surface area contributed by atoms with Crippen molar-refractivity contribution in [3.63, 3.8) is 0 Å². The Bertz CT molecular complexity index is 565. The van der Waals surface area contributed by atoms with Crippen molar-refractivity contribution in [2.75, 3.05) is 5.32 Å². The van der Waals surface area contributed by atoms with E-state index in [4.69, 9.17) is 11.6 Å². The minimum absolute atomic E-state index is 0.191. The van der Waals surface area contributed by atoms with Crippen LogP contribution in [0.25, 0.3) is 0 Å². The van der Waals surface area contributed by atoms with Crippen LogP contribution in [0.15, 0.2) is 23.6 Å². The van der Waals surface area contributed by atoms with Gasteiger partial charge < -0.3 is 10.4 Å². The van der Waals surface area contributed by atoms with Gasteiger partial charge in [-0.15, -0.1) is 11.3 Å². The van der Waals surface area contributed by atoms with E-state index in [1.54, 1.807) is 6.07 Å². The molecule has 4 heteroatoms. The Labute approximate surface area is 116 Å². The lowest BCUT2D eigenvalue weighted by molar-refractivity contribution is 0.471. The summed E-state index contributed by atoms with van der Waals surface area (Å²) in [6, 6.07) is 5.92. The van der Waals surface area contributed by atoms with Gasteiger partial charge in [-0.2, -0.15) is 0 Å². The average Bonchev–Trinajstić information content (AvgIpc) is 2.73. The average molecular weight is 282 g/mol. The second kappa shape index (κ2) is 5.21. The molecule has 2 N–H and O–H groups in total. The van der Waals surface area contributed by atoms with E-state index in [0.717, 1.165) is 21.2 Å². The molecule has 96 valence electrons. The van der Waals surface area contributed by atoms with Crippen LogP contribution in [0.1, 0.15) is 29.7 Å². The summed E-state index contributed by atoms with van der Waals surface area (Å²) in [5.74, 6) is 0.337. The Balaban J connectivity index is 2.21.